The average molecular weight is 306 g/mol. The number of furan rings is 1. The van der Waals surface area contributed by atoms with E-state index in [2.05, 4.69) is 4.98 Å². The van der Waals surface area contributed by atoms with Gasteiger partial charge in [0.1, 0.15) is 23.1 Å². The van der Waals surface area contributed by atoms with Gasteiger partial charge in [-0.15, -0.1) is 0 Å². The van der Waals surface area contributed by atoms with Crippen LogP contribution >= 0.6 is 0 Å². The maximum atomic E-state index is 12.2. The first-order valence-corrected chi connectivity index (χ1v) is 7.01. The van der Waals surface area contributed by atoms with Gasteiger partial charge in [-0.2, -0.15) is 5.26 Å². The van der Waals surface area contributed by atoms with Gasteiger partial charge in [-0.3, -0.25) is 4.79 Å². The number of hydrogen-bond donors (Lipinski definition) is 1. The molecule has 1 aromatic carbocycles. The highest BCUT2D eigenvalue weighted by atomic mass is 16.5. The number of aryl methyl sites for hydroxylation is 1. The first kappa shape index (κ1) is 14.7. The maximum Gasteiger partial charge on any atom is 0.267 e. The van der Waals surface area contributed by atoms with E-state index < -0.39 is 5.56 Å². The third-order valence-corrected chi connectivity index (χ3v) is 3.55. The van der Waals surface area contributed by atoms with Crippen molar-refractivity contribution in [3.05, 3.63) is 64.1 Å². The molecule has 0 bridgehead atoms. The molecule has 0 fully saturated rings. The van der Waals surface area contributed by atoms with Crippen LogP contribution in [-0.2, 0) is 0 Å². The van der Waals surface area contributed by atoms with E-state index in [0.29, 0.717) is 22.8 Å². The molecule has 0 spiro atoms. The van der Waals surface area contributed by atoms with E-state index in [1.807, 2.05) is 31.2 Å². The Morgan fingerprint density at radius 3 is 2.48 bits per heavy atom. The molecule has 2 aromatic heterocycles. The highest BCUT2D eigenvalue weighted by molar-refractivity contribution is 5.74. The molecule has 5 heteroatoms. The summed E-state index contributed by atoms with van der Waals surface area (Å²) in [4.78, 5) is 14.9. The Bertz CT molecular complexity index is 944. The average Bonchev–Trinajstić information content (AvgIpc) is 3.00. The number of methoxy groups -OCH3 is 1. The molecule has 3 aromatic rings. The number of benzene rings is 1. The van der Waals surface area contributed by atoms with Crippen LogP contribution in [0.1, 0.15) is 11.3 Å². The van der Waals surface area contributed by atoms with Crippen LogP contribution in [-0.4, -0.2) is 12.1 Å². The highest BCUT2D eigenvalue weighted by Crippen LogP contribution is 2.28. The molecular formula is C18H14N2O3. The van der Waals surface area contributed by atoms with Gasteiger partial charge in [-0.05, 0) is 42.8 Å². The zero-order chi connectivity index (χ0) is 16.4. The number of aromatic nitrogens is 1. The molecule has 5 nitrogen and oxygen atoms in total. The van der Waals surface area contributed by atoms with Gasteiger partial charge < -0.3 is 14.1 Å². The third kappa shape index (κ3) is 2.74. The minimum Gasteiger partial charge on any atom is -0.497 e. The van der Waals surface area contributed by atoms with Crippen LogP contribution in [0.3, 0.4) is 0 Å². The number of H-pyrrole nitrogens is 1. The van der Waals surface area contributed by atoms with Gasteiger partial charge in [-0.1, -0.05) is 12.1 Å². The first-order valence-electron chi connectivity index (χ1n) is 7.01. The molecular weight excluding hydrogens is 292 g/mol. The molecule has 0 atom stereocenters. The predicted octanol–water partition coefficient (Wildman–Crippen LogP) is 3.49. The topological polar surface area (TPSA) is 79.0 Å². The van der Waals surface area contributed by atoms with Crippen LogP contribution in [0.15, 0.2) is 51.7 Å². The summed E-state index contributed by atoms with van der Waals surface area (Å²) >= 11 is 0. The van der Waals surface area contributed by atoms with E-state index in [1.165, 1.54) is 0 Å². The van der Waals surface area contributed by atoms with Gasteiger partial charge in [0.2, 0.25) is 0 Å². The minimum absolute atomic E-state index is 0.0715. The Balaban J connectivity index is 2.19. The van der Waals surface area contributed by atoms with Gasteiger partial charge in [0.15, 0.2) is 5.76 Å². The summed E-state index contributed by atoms with van der Waals surface area (Å²) in [5.41, 5.74) is 1.49. The van der Waals surface area contributed by atoms with E-state index in [1.54, 1.807) is 31.4 Å². The second-order valence-electron chi connectivity index (χ2n) is 5.05. The van der Waals surface area contributed by atoms with Crippen LogP contribution in [0, 0.1) is 18.3 Å². The fraction of sp³-hybridized carbons (Fsp3) is 0.111. The lowest BCUT2D eigenvalue weighted by molar-refractivity contribution is 0.415. The van der Waals surface area contributed by atoms with Crippen molar-refractivity contribution < 1.29 is 9.15 Å². The Kier molecular flexibility index (Phi) is 3.73. The fourth-order valence-electron chi connectivity index (χ4n) is 2.38. The zero-order valence-electron chi connectivity index (χ0n) is 12.7. The third-order valence-electron chi connectivity index (χ3n) is 3.55. The number of nitrogens with one attached hydrogen (secondary N) is 1. The van der Waals surface area contributed by atoms with Crippen LogP contribution in [0.25, 0.3) is 22.6 Å². The lowest BCUT2D eigenvalue weighted by Gasteiger charge is -2.07. The quantitative estimate of drug-likeness (QED) is 0.803. The second-order valence-corrected chi connectivity index (χ2v) is 5.05. The van der Waals surface area contributed by atoms with Crippen LogP contribution < -0.4 is 10.3 Å². The van der Waals surface area contributed by atoms with Crippen LogP contribution in [0.4, 0.5) is 0 Å². The largest absolute Gasteiger partial charge is 0.497 e. The Morgan fingerprint density at radius 2 is 1.91 bits per heavy atom. The van der Waals surface area contributed by atoms with Gasteiger partial charge in [0.05, 0.1) is 12.8 Å². The second kappa shape index (κ2) is 5.85. The highest BCUT2D eigenvalue weighted by Gasteiger charge is 2.14. The number of nitrogens with zero attached hydrogens (tertiary/aromatic N) is 1. The SMILES string of the molecule is COc1ccc(-c2cc(-c3ccc(C)o3)[nH]c(=O)c2C#N)cc1. The molecule has 0 unspecified atom stereocenters. The van der Waals surface area contributed by atoms with Crippen molar-refractivity contribution >= 4 is 0 Å². The zero-order valence-corrected chi connectivity index (χ0v) is 12.7. The normalized spacial score (nSPS) is 10.3. The lowest BCUT2D eigenvalue weighted by atomic mass is 10.0. The number of nitriles is 1. The number of ether oxygens (including phenoxy) is 1. The molecule has 0 radical (unpaired) electrons. The van der Waals surface area contributed by atoms with E-state index in [-0.39, 0.29) is 5.56 Å². The Morgan fingerprint density at radius 1 is 1.17 bits per heavy atom. The van der Waals surface area contributed by atoms with Crippen molar-refractivity contribution in [1.29, 1.82) is 5.26 Å². The molecule has 1 N–H and O–H groups in total. The molecule has 114 valence electrons. The summed E-state index contributed by atoms with van der Waals surface area (Å²) in [7, 11) is 1.58. The smallest absolute Gasteiger partial charge is 0.267 e. The van der Waals surface area contributed by atoms with Crippen LogP contribution in [0.2, 0.25) is 0 Å². The van der Waals surface area contributed by atoms with E-state index in [9.17, 15) is 10.1 Å². The molecule has 0 amide bonds. The molecule has 0 aliphatic carbocycles. The van der Waals surface area contributed by atoms with Crippen molar-refractivity contribution in [2.45, 2.75) is 6.92 Å². The van der Waals surface area contributed by atoms with Crippen LogP contribution in [0.5, 0.6) is 5.75 Å². The number of rotatable bonds is 3. The molecule has 0 aliphatic rings. The van der Waals surface area contributed by atoms with Gasteiger partial charge in [0.25, 0.3) is 5.56 Å². The lowest BCUT2D eigenvalue weighted by Crippen LogP contribution is -2.12. The van der Waals surface area contributed by atoms with Crippen molar-refractivity contribution in [1.82, 2.24) is 4.98 Å². The number of aromatic amines is 1. The minimum atomic E-state index is -0.440. The fourth-order valence-corrected chi connectivity index (χ4v) is 2.38. The summed E-state index contributed by atoms with van der Waals surface area (Å²) in [5.74, 6) is 2.01. The Labute approximate surface area is 132 Å². The van der Waals surface area contributed by atoms with Crippen molar-refractivity contribution in [3.8, 4) is 34.4 Å². The van der Waals surface area contributed by atoms with Gasteiger partial charge >= 0.3 is 0 Å². The standard InChI is InChI=1S/C18H14N2O3/c1-11-3-8-17(23-11)16-9-14(15(10-19)18(21)20-16)12-4-6-13(22-2)7-5-12/h3-9H,1-2H3,(H,20,21). The molecule has 0 saturated carbocycles. The first-order chi connectivity index (χ1) is 11.1. The summed E-state index contributed by atoms with van der Waals surface area (Å²) in [6.07, 6.45) is 0. The predicted molar refractivity (Wildman–Crippen MR) is 86.2 cm³/mol. The van der Waals surface area contributed by atoms with Crippen molar-refractivity contribution in [3.63, 3.8) is 0 Å². The maximum absolute atomic E-state index is 12.2. The summed E-state index contributed by atoms with van der Waals surface area (Å²) in [5, 5.41) is 9.31. The van der Waals surface area contributed by atoms with Crippen molar-refractivity contribution in [2.24, 2.45) is 0 Å². The number of pyridine rings is 1. The Hall–Kier alpha value is -3.26. The molecule has 0 saturated heterocycles. The summed E-state index contributed by atoms with van der Waals surface area (Å²) in [6, 6.07) is 14.5. The van der Waals surface area contributed by atoms with E-state index in [0.717, 1.165) is 11.3 Å². The molecule has 3 rings (SSSR count). The molecule has 0 aliphatic heterocycles. The van der Waals surface area contributed by atoms with E-state index >= 15 is 0 Å². The molecule has 23 heavy (non-hydrogen) atoms. The number of hydrogen-bond acceptors (Lipinski definition) is 4. The van der Waals surface area contributed by atoms with Gasteiger partial charge in [0, 0.05) is 5.56 Å². The summed E-state index contributed by atoms with van der Waals surface area (Å²) < 4.78 is 10.7. The monoisotopic (exact) mass is 306 g/mol. The summed E-state index contributed by atoms with van der Waals surface area (Å²) in [6.45, 7) is 1.83. The van der Waals surface area contributed by atoms with E-state index in [4.69, 9.17) is 9.15 Å². The van der Waals surface area contributed by atoms with Crippen molar-refractivity contribution in [2.75, 3.05) is 7.11 Å². The van der Waals surface area contributed by atoms with Gasteiger partial charge in [-0.25, -0.2) is 0 Å². The molecule has 2 heterocycles.